The molecule has 0 saturated heterocycles. The van der Waals surface area contributed by atoms with Crippen molar-refractivity contribution in [3.8, 4) is 5.75 Å². The second kappa shape index (κ2) is 6.67. The normalized spacial score (nSPS) is 17.1. The smallest absolute Gasteiger partial charge is 0.256 e. The molecular formula is C16H22ClNO3. The van der Waals surface area contributed by atoms with E-state index in [1.807, 2.05) is 13.8 Å². The zero-order chi connectivity index (χ0) is 15.5. The summed E-state index contributed by atoms with van der Waals surface area (Å²) in [6.07, 6.45) is 2.97. The van der Waals surface area contributed by atoms with Crippen LogP contribution in [0.1, 0.15) is 33.1 Å². The van der Waals surface area contributed by atoms with E-state index < -0.39 is 5.60 Å². The lowest BCUT2D eigenvalue weighted by molar-refractivity contribution is -0.142. The summed E-state index contributed by atoms with van der Waals surface area (Å²) in [6.45, 7) is 4.50. The van der Waals surface area contributed by atoms with Crippen molar-refractivity contribution in [3.05, 3.63) is 23.2 Å². The maximum atomic E-state index is 12.6. The molecule has 4 nitrogen and oxygen atoms in total. The number of rotatable bonds is 7. The number of anilines is 1. The molecule has 1 aliphatic rings. The molecule has 1 aliphatic carbocycles. The van der Waals surface area contributed by atoms with Crippen LogP contribution in [0.3, 0.4) is 0 Å². The highest BCUT2D eigenvalue weighted by atomic mass is 35.5. The molecule has 1 fully saturated rings. The number of hydrogen-bond acceptors (Lipinski definition) is 3. The molecule has 1 aromatic carbocycles. The van der Waals surface area contributed by atoms with E-state index in [1.54, 1.807) is 25.3 Å². The topological polar surface area (TPSA) is 47.6 Å². The average Bonchev–Trinajstić information content (AvgIpc) is 3.29. The molecule has 1 amide bonds. The molecule has 0 aromatic heterocycles. The lowest BCUT2D eigenvalue weighted by Crippen LogP contribution is -2.45. The van der Waals surface area contributed by atoms with Gasteiger partial charge in [0, 0.05) is 12.3 Å². The van der Waals surface area contributed by atoms with E-state index in [4.69, 9.17) is 21.1 Å². The Hall–Kier alpha value is -1.26. The van der Waals surface area contributed by atoms with Crippen molar-refractivity contribution in [2.45, 2.75) is 38.7 Å². The molecule has 0 spiro atoms. The first kappa shape index (κ1) is 16.1. The molecule has 1 saturated carbocycles. The number of nitrogens with one attached hydrogen (secondary N) is 1. The molecule has 1 aromatic rings. The summed E-state index contributed by atoms with van der Waals surface area (Å²) in [5, 5.41) is 3.37. The van der Waals surface area contributed by atoms with Gasteiger partial charge < -0.3 is 14.8 Å². The van der Waals surface area contributed by atoms with Gasteiger partial charge in [-0.15, -0.1) is 0 Å². The van der Waals surface area contributed by atoms with Gasteiger partial charge in [-0.05, 0) is 50.3 Å². The quantitative estimate of drug-likeness (QED) is 0.831. The number of carbonyl (C=O) groups excluding carboxylic acids is 1. The van der Waals surface area contributed by atoms with Crippen molar-refractivity contribution in [2.24, 2.45) is 5.92 Å². The molecule has 1 N–H and O–H groups in total. The maximum absolute atomic E-state index is 12.6. The number of halogens is 1. The highest BCUT2D eigenvalue weighted by molar-refractivity contribution is 6.32. The average molecular weight is 312 g/mol. The van der Waals surface area contributed by atoms with Crippen molar-refractivity contribution >= 4 is 23.2 Å². The van der Waals surface area contributed by atoms with Gasteiger partial charge >= 0.3 is 0 Å². The zero-order valence-corrected chi connectivity index (χ0v) is 13.5. The third-order valence-electron chi connectivity index (χ3n) is 3.82. The Morgan fingerprint density at radius 1 is 1.48 bits per heavy atom. The molecule has 0 unspecified atom stereocenters. The predicted octanol–water partition coefficient (Wildman–Crippen LogP) is 3.88. The molecule has 1 atom stereocenters. The molecule has 5 heteroatoms. The van der Waals surface area contributed by atoms with Crippen LogP contribution in [0.4, 0.5) is 5.69 Å². The van der Waals surface area contributed by atoms with Crippen LogP contribution < -0.4 is 10.1 Å². The van der Waals surface area contributed by atoms with Gasteiger partial charge in [0.05, 0.1) is 12.1 Å². The summed E-state index contributed by atoms with van der Waals surface area (Å²) in [5.74, 6) is 0.777. The maximum Gasteiger partial charge on any atom is 0.256 e. The van der Waals surface area contributed by atoms with Crippen molar-refractivity contribution in [1.29, 1.82) is 0 Å². The van der Waals surface area contributed by atoms with E-state index in [2.05, 4.69) is 5.32 Å². The number of amides is 1. The van der Waals surface area contributed by atoms with E-state index in [-0.39, 0.29) is 5.91 Å². The van der Waals surface area contributed by atoms with Crippen LogP contribution in [0.15, 0.2) is 18.2 Å². The molecule has 0 radical (unpaired) electrons. The monoisotopic (exact) mass is 311 g/mol. The van der Waals surface area contributed by atoms with Gasteiger partial charge in [0.1, 0.15) is 11.4 Å². The first-order chi connectivity index (χ1) is 10.0. The van der Waals surface area contributed by atoms with Crippen molar-refractivity contribution in [1.82, 2.24) is 0 Å². The van der Waals surface area contributed by atoms with Crippen LogP contribution in [0, 0.1) is 5.92 Å². The lowest BCUT2D eigenvalue weighted by atomic mass is 9.98. The minimum absolute atomic E-state index is 0.111. The van der Waals surface area contributed by atoms with Crippen LogP contribution in [-0.2, 0) is 9.53 Å². The number of carbonyl (C=O) groups is 1. The second-order valence-corrected chi connectivity index (χ2v) is 5.94. The predicted molar refractivity (Wildman–Crippen MR) is 84.0 cm³/mol. The van der Waals surface area contributed by atoms with E-state index >= 15 is 0 Å². The first-order valence-electron chi connectivity index (χ1n) is 7.30. The fourth-order valence-corrected chi connectivity index (χ4v) is 2.57. The fraction of sp³-hybridized carbons (Fsp3) is 0.562. The molecule has 2 rings (SSSR count). The molecular weight excluding hydrogens is 290 g/mol. The van der Waals surface area contributed by atoms with Gasteiger partial charge in [-0.3, -0.25) is 4.79 Å². The van der Waals surface area contributed by atoms with Gasteiger partial charge in [-0.1, -0.05) is 18.5 Å². The van der Waals surface area contributed by atoms with Crippen molar-refractivity contribution in [2.75, 3.05) is 19.0 Å². The van der Waals surface area contributed by atoms with E-state index in [9.17, 15) is 4.79 Å². The Kier molecular flexibility index (Phi) is 5.12. The van der Waals surface area contributed by atoms with Gasteiger partial charge in [0.25, 0.3) is 5.91 Å². The summed E-state index contributed by atoms with van der Waals surface area (Å²) >= 11 is 6.08. The van der Waals surface area contributed by atoms with Crippen LogP contribution in [0.5, 0.6) is 5.75 Å². The Morgan fingerprint density at radius 3 is 2.71 bits per heavy atom. The number of ether oxygens (including phenoxy) is 2. The van der Waals surface area contributed by atoms with Crippen molar-refractivity contribution < 1.29 is 14.3 Å². The largest absolute Gasteiger partial charge is 0.495 e. The van der Waals surface area contributed by atoms with Gasteiger partial charge in [0.15, 0.2) is 0 Å². The van der Waals surface area contributed by atoms with Gasteiger partial charge in [0.2, 0.25) is 0 Å². The Labute approximate surface area is 130 Å². The minimum Gasteiger partial charge on any atom is -0.495 e. The minimum atomic E-state index is -0.761. The number of methoxy groups -OCH3 is 1. The number of benzene rings is 1. The summed E-state index contributed by atoms with van der Waals surface area (Å²) < 4.78 is 10.9. The summed E-state index contributed by atoms with van der Waals surface area (Å²) in [5.41, 5.74) is -0.111. The van der Waals surface area contributed by atoms with E-state index in [1.165, 1.54) is 0 Å². The van der Waals surface area contributed by atoms with E-state index in [0.29, 0.717) is 29.0 Å². The van der Waals surface area contributed by atoms with Gasteiger partial charge in [-0.2, -0.15) is 0 Å². The third kappa shape index (κ3) is 3.69. The zero-order valence-electron chi connectivity index (χ0n) is 12.7. The lowest BCUT2D eigenvalue weighted by Gasteiger charge is -2.28. The van der Waals surface area contributed by atoms with E-state index in [0.717, 1.165) is 19.3 Å². The summed E-state index contributed by atoms with van der Waals surface area (Å²) in [7, 11) is 1.56. The Balaban J connectivity index is 2.09. The van der Waals surface area contributed by atoms with Crippen molar-refractivity contribution in [3.63, 3.8) is 0 Å². The first-order valence-corrected chi connectivity index (χ1v) is 7.68. The molecule has 0 heterocycles. The molecule has 116 valence electrons. The number of hydrogen-bond donors (Lipinski definition) is 1. The fourth-order valence-electron chi connectivity index (χ4n) is 2.32. The second-order valence-electron chi connectivity index (χ2n) is 5.53. The van der Waals surface area contributed by atoms with Gasteiger partial charge in [-0.25, -0.2) is 0 Å². The van der Waals surface area contributed by atoms with Crippen LogP contribution >= 0.6 is 11.6 Å². The van der Waals surface area contributed by atoms with Crippen LogP contribution in [0.2, 0.25) is 5.02 Å². The van der Waals surface area contributed by atoms with Crippen LogP contribution in [-0.4, -0.2) is 25.2 Å². The summed E-state index contributed by atoms with van der Waals surface area (Å²) in [6, 6.07) is 5.19. The highest BCUT2D eigenvalue weighted by Crippen LogP contribution is 2.42. The highest BCUT2D eigenvalue weighted by Gasteiger charge is 2.48. The third-order valence-corrected chi connectivity index (χ3v) is 4.12. The molecule has 21 heavy (non-hydrogen) atoms. The van der Waals surface area contributed by atoms with Crippen LogP contribution in [0.25, 0.3) is 0 Å². The Bertz CT molecular complexity index is 516. The SMILES string of the molecule is CCCO[C@@](C)(C(=O)Nc1ccc(OC)c(Cl)c1)C1CC1. The Morgan fingerprint density at radius 2 is 2.19 bits per heavy atom. The standard InChI is InChI=1S/C16H22ClNO3/c1-4-9-21-16(2,11-5-6-11)15(19)18-12-7-8-14(20-3)13(17)10-12/h7-8,10-11H,4-6,9H2,1-3H3,(H,18,19)/t16-/m1/s1. The molecule has 0 aliphatic heterocycles. The summed E-state index contributed by atoms with van der Waals surface area (Å²) in [4.78, 5) is 12.6. The molecule has 0 bridgehead atoms.